The van der Waals surface area contributed by atoms with Gasteiger partial charge in [-0.2, -0.15) is 0 Å². The molecule has 5 heterocycles. The fraction of sp³-hybridized carbons (Fsp3) is 0.100. The molecule has 3 aromatic rings. The molecule has 2 aliphatic heterocycles. The quantitative estimate of drug-likeness (QED) is 0.227. The van der Waals surface area contributed by atoms with Crippen molar-refractivity contribution in [3.05, 3.63) is 142 Å². The maximum absolute atomic E-state index is 5.34. The minimum absolute atomic E-state index is 0.889. The predicted octanol–water partition coefficient (Wildman–Crippen LogP) is 10.0. The van der Waals surface area contributed by atoms with E-state index in [1.54, 1.807) is 0 Å². The maximum atomic E-state index is 5.34. The first-order valence-electron chi connectivity index (χ1n) is 15.4. The van der Waals surface area contributed by atoms with Crippen LogP contribution < -0.4 is 0 Å². The zero-order valence-corrected chi connectivity index (χ0v) is 24.3. The van der Waals surface area contributed by atoms with Gasteiger partial charge in [-0.05, 0) is 96.5 Å². The van der Waals surface area contributed by atoms with Crippen LogP contribution in [0, 0.1) is 0 Å². The standard InChI is InChI=1S/C40H30N4/c1-2-10-25(9-1)37-29-17-19-31(41-29)38(26-11-3-4-12-26)33-21-23-35(43-33)40(28-15-7-8-16-28)36-24-22-34(44-36)39(27-13-5-6-14-27)32-20-18-30(37)42-32/h1-9,11,13,15,17-24,41,44H,10,12,14,16H2. The van der Waals surface area contributed by atoms with E-state index < -0.39 is 0 Å². The van der Waals surface area contributed by atoms with Crippen LogP contribution >= 0.6 is 0 Å². The topological polar surface area (TPSA) is 57.4 Å². The van der Waals surface area contributed by atoms with Crippen LogP contribution in [0.1, 0.15) is 70.7 Å². The lowest BCUT2D eigenvalue weighted by atomic mass is 10.0. The van der Waals surface area contributed by atoms with Gasteiger partial charge in [0, 0.05) is 44.3 Å². The van der Waals surface area contributed by atoms with Crippen LogP contribution in [-0.2, 0) is 0 Å². The van der Waals surface area contributed by atoms with E-state index in [1.165, 1.54) is 22.3 Å². The largest absolute Gasteiger partial charge is 0.354 e. The molecule has 0 unspecified atom stereocenters. The van der Waals surface area contributed by atoms with E-state index in [2.05, 4.69) is 131 Å². The van der Waals surface area contributed by atoms with Crippen LogP contribution in [0.25, 0.3) is 68.7 Å². The second-order valence-electron chi connectivity index (χ2n) is 11.8. The van der Waals surface area contributed by atoms with Gasteiger partial charge in [-0.1, -0.05) is 72.9 Å². The number of nitrogens with zero attached hydrogens (tertiary/aromatic N) is 2. The first-order valence-corrected chi connectivity index (χ1v) is 15.4. The lowest BCUT2D eigenvalue weighted by Crippen LogP contribution is -1.93. The molecule has 4 nitrogen and oxygen atoms in total. The Morgan fingerprint density at radius 1 is 0.386 bits per heavy atom. The van der Waals surface area contributed by atoms with Crippen LogP contribution in [0.2, 0.25) is 0 Å². The summed E-state index contributed by atoms with van der Waals surface area (Å²) in [5.41, 5.74) is 17.9. The number of fused-ring (bicyclic) bond motifs is 8. The molecule has 0 aromatic carbocycles. The fourth-order valence-electron chi connectivity index (χ4n) is 7.09. The van der Waals surface area contributed by atoms with Crippen LogP contribution in [0.3, 0.4) is 0 Å². The van der Waals surface area contributed by atoms with Crippen LogP contribution in [0.4, 0.5) is 0 Å². The van der Waals surface area contributed by atoms with E-state index >= 15 is 0 Å². The number of hydrogen-bond acceptors (Lipinski definition) is 2. The van der Waals surface area contributed by atoms with Crippen molar-refractivity contribution in [2.45, 2.75) is 25.7 Å². The van der Waals surface area contributed by atoms with E-state index in [4.69, 9.17) is 9.97 Å². The molecule has 210 valence electrons. The van der Waals surface area contributed by atoms with Gasteiger partial charge < -0.3 is 9.97 Å². The van der Waals surface area contributed by atoms with E-state index in [1.807, 2.05) is 0 Å². The number of H-pyrrole nitrogens is 2. The molecular weight excluding hydrogens is 536 g/mol. The molecule has 0 amide bonds. The maximum Gasteiger partial charge on any atom is 0.0734 e. The van der Waals surface area contributed by atoms with Gasteiger partial charge in [-0.15, -0.1) is 0 Å². The van der Waals surface area contributed by atoms with Crippen molar-refractivity contribution in [3.63, 3.8) is 0 Å². The molecule has 0 saturated carbocycles. The normalized spacial score (nSPS) is 17.6. The van der Waals surface area contributed by atoms with Gasteiger partial charge in [0.25, 0.3) is 0 Å². The molecule has 0 spiro atoms. The lowest BCUT2D eigenvalue weighted by molar-refractivity contribution is 1.26. The molecule has 8 bridgehead atoms. The minimum atomic E-state index is 0.889. The van der Waals surface area contributed by atoms with Crippen molar-refractivity contribution >= 4 is 68.7 Å². The van der Waals surface area contributed by atoms with Gasteiger partial charge in [0.05, 0.1) is 22.8 Å². The van der Waals surface area contributed by atoms with Crippen LogP contribution in [0.5, 0.6) is 0 Å². The Morgan fingerprint density at radius 2 is 0.659 bits per heavy atom. The Bertz CT molecular complexity index is 1950. The number of hydrogen-bond donors (Lipinski definition) is 2. The number of aromatic nitrogens is 4. The molecule has 0 fully saturated rings. The summed E-state index contributed by atoms with van der Waals surface area (Å²) in [5, 5.41) is 0. The highest BCUT2D eigenvalue weighted by atomic mass is 14.8. The Morgan fingerprint density at radius 3 is 0.886 bits per heavy atom. The van der Waals surface area contributed by atoms with Crippen molar-refractivity contribution in [1.29, 1.82) is 0 Å². The Kier molecular flexibility index (Phi) is 5.73. The predicted molar refractivity (Wildman–Crippen MR) is 186 cm³/mol. The Balaban J connectivity index is 1.44. The highest BCUT2D eigenvalue weighted by Gasteiger charge is 2.21. The van der Waals surface area contributed by atoms with Crippen molar-refractivity contribution in [1.82, 2.24) is 19.9 Å². The highest BCUT2D eigenvalue weighted by Crippen LogP contribution is 2.38. The summed E-state index contributed by atoms with van der Waals surface area (Å²) < 4.78 is 0. The van der Waals surface area contributed by atoms with E-state index in [-0.39, 0.29) is 0 Å². The second kappa shape index (κ2) is 10.1. The molecule has 4 heteroatoms. The zero-order valence-electron chi connectivity index (χ0n) is 24.3. The summed E-state index contributed by atoms with van der Waals surface area (Å²) in [5.74, 6) is 0. The van der Waals surface area contributed by atoms with Gasteiger partial charge in [0.1, 0.15) is 0 Å². The molecular formula is C40H30N4. The summed E-state index contributed by atoms with van der Waals surface area (Å²) >= 11 is 0. The van der Waals surface area contributed by atoms with E-state index in [0.29, 0.717) is 0 Å². The summed E-state index contributed by atoms with van der Waals surface area (Å²) in [6, 6.07) is 8.84. The first kappa shape index (κ1) is 25.1. The third-order valence-electron chi connectivity index (χ3n) is 9.12. The highest BCUT2D eigenvalue weighted by molar-refractivity contribution is 5.97. The third-order valence-corrected chi connectivity index (χ3v) is 9.12. The average Bonchev–Trinajstić information content (AvgIpc) is 3.90. The van der Waals surface area contributed by atoms with Gasteiger partial charge in [-0.25, -0.2) is 9.97 Å². The van der Waals surface area contributed by atoms with Gasteiger partial charge in [0.2, 0.25) is 0 Å². The second-order valence-corrected chi connectivity index (χ2v) is 11.8. The number of aromatic amines is 2. The van der Waals surface area contributed by atoms with Crippen molar-refractivity contribution in [3.8, 4) is 0 Å². The number of rotatable bonds is 4. The zero-order chi connectivity index (χ0) is 29.0. The number of allylic oxidation sites excluding steroid dienone is 16. The summed E-state index contributed by atoms with van der Waals surface area (Å²) in [6.45, 7) is 0. The molecule has 6 aliphatic rings. The SMILES string of the molecule is C1=CCC(c2c3nc(c(C4=CC=CC4)c4ccc([nH]4)c(C4=CC=CC4)c4nc(c(C5=CC=CC5)c5ccc2[nH]5)C=C4)C=C3)=C1. The lowest BCUT2D eigenvalue weighted by Gasteiger charge is -2.07. The Labute approximate surface area is 256 Å². The molecule has 2 N–H and O–H groups in total. The van der Waals surface area contributed by atoms with Crippen molar-refractivity contribution in [2.24, 2.45) is 0 Å². The molecule has 44 heavy (non-hydrogen) atoms. The Hall–Kier alpha value is -5.48. The molecule has 0 saturated heterocycles. The fourth-order valence-corrected chi connectivity index (χ4v) is 7.09. The minimum Gasteiger partial charge on any atom is -0.354 e. The first-order chi connectivity index (χ1) is 21.8. The number of nitrogens with one attached hydrogen (secondary N) is 2. The smallest absolute Gasteiger partial charge is 0.0734 e. The summed E-state index contributed by atoms with van der Waals surface area (Å²) in [7, 11) is 0. The molecule has 0 atom stereocenters. The monoisotopic (exact) mass is 566 g/mol. The van der Waals surface area contributed by atoms with Gasteiger partial charge in [0.15, 0.2) is 0 Å². The molecule has 3 aromatic heterocycles. The van der Waals surface area contributed by atoms with Crippen molar-refractivity contribution in [2.75, 3.05) is 0 Å². The summed E-state index contributed by atoms with van der Waals surface area (Å²) in [4.78, 5) is 18.3. The van der Waals surface area contributed by atoms with Crippen LogP contribution in [0.15, 0.2) is 97.2 Å². The van der Waals surface area contributed by atoms with Gasteiger partial charge >= 0.3 is 0 Å². The third kappa shape index (κ3) is 4.06. The van der Waals surface area contributed by atoms with E-state index in [0.717, 1.165) is 92.8 Å². The molecule has 4 aliphatic carbocycles. The van der Waals surface area contributed by atoms with E-state index in [9.17, 15) is 0 Å². The van der Waals surface area contributed by atoms with Gasteiger partial charge in [-0.3, -0.25) is 0 Å². The average molecular weight is 567 g/mol. The van der Waals surface area contributed by atoms with Crippen molar-refractivity contribution < 1.29 is 0 Å². The van der Waals surface area contributed by atoms with Crippen LogP contribution in [-0.4, -0.2) is 19.9 Å². The summed E-state index contributed by atoms with van der Waals surface area (Å²) in [6.07, 6.45) is 38.6. The molecule has 9 rings (SSSR count). The molecule has 0 radical (unpaired) electrons.